The smallest absolute Gasteiger partial charge is 0.323 e. The standard InChI is InChI=1S/C13H11ClN4O3/c14-13-16-11(15-6-8-2-1-5-21-8)9-3-4-18(7-10(19)20)12(9)17-13/h1-5H,6-7H2,(H,19,20)(H,15,16,17). The SMILES string of the molecule is O=C(O)Cn1ccc2c(NCc3ccco3)nc(Cl)nc21. The predicted octanol–water partition coefficient (Wildman–Crippen LogP) is 2.37. The van der Waals surface area contributed by atoms with E-state index < -0.39 is 5.97 Å². The largest absolute Gasteiger partial charge is 0.480 e. The van der Waals surface area contributed by atoms with E-state index in [9.17, 15) is 4.79 Å². The van der Waals surface area contributed by atoms with Crippen molar-refractivity contribution >= 4 is 34.4 Å². The molecule has 0 saturated heterocycles. The highest BCUT2D eigenvalue weighted by Crippen LogP contribution is 2.23. The van der Waals surface area contributed by atoms with E-state index >= 15 is 0 Å². The fourth-order valence-electron chi connectivity index (χ4n) is 2.03. The van der Waals surface area contributed by atoms with Crippen LogP contribution in [-0.4, -0.2) is 25.6 Å². The third-order valence-electron chi connectivity index (χ3n) is 2.91. The van der Waals surface area contributed by atoms with Crippen molar-refractivity contribution in [2.45, 2.75) is 13.1 Å². The third-order valence-corrected chi connectivity index (χ3v) is 3.08. The van der Waals surface area contributed by atoms with E-state index in [0.717, 1.165) is 5.76 Å². The van der Waals surface area contributed by atoms with E-state index in [2.05, 4.69) is 15.3 Å². The van der Waals surface area contributed by atoms with Crippen molar-refractivity contribution in [1.29, 1.82) is 0 Å². The number of anilines is 1. The van der Waals surface area contributed by atoms with Gasteiger partial charge in [-0.1, -0.05) is 0 Å². The van der Waals surface area contributed by atoms with Gasteiger partial charge in [-0.3, -0.25) is 4.79 Å². The zero-order valence-corrected chi connectivity index (χ0v) is 11.5. The Kier molecular flexibility index (Phi) is 3.49. The van der Waals surface area contributed by atoms with Gasteiger partial charge in [0.25, 0.3) is 0 Å². The first-order valence-corrected chi connectivity index (χ1v) is 6.51. The van der Waals surface area contributed by atoms with Gasteiger partial charge in [-0.2, -0.15) is 4.98 Å². The van der Waals surface area contributed by atoms with E-state index in [-0.39, 0.29) is 11.8 Å². The molecule has 3 aromatic rings. The molecule has 0 aliphatic carbocycles. The van der Waals surface area contributed by atoms with Crippen LogP contribution in [0.15, 0.2) is 35.1 Å². The molecule has 3 aromatic heterocycles. The second-order valence-corrected chi connectivity index (χ2v) is 4.69. The molecule has 0 spiro atoms. The van der Waals surface area contributed by atoms with Crippen molar-refractivity contribution in [3.63, 3.8) is 0 Å². The number of nitrogens with one attached hydrogen (secondary N) is 1. The number of hydrogen-bond acceptors (Lipinski definition) is 5. The zero-order chi connectivity index (χ0) is 14.8. The molecule has 0 fully saturated rings. The van der Waals surface area contributed by atoms with Crippen molar-refractivity contribution in [2.75, 3.05) is 5.32 Å². The summed E-state index contributed by atoms with van der Waals surface area (Å²) < 4.78 is 6.74. The molecular formula is C13H11ClN4O3. The van der Waals surface area contributed by atoms with Crippen LogP contribution >= 0.6 is 11.6 Å². The van der Waals surface area contributed by atoms with Gasteiger partial charge in [0.2, 0.25) is 5.28 Å². The lowest BCUT2D eigenvalue weighted by atomic mass is 10.3. The number of carboxylic acids is 1. The minimum atomic E-state index is -0.952. The van der Waals surface area contributed by atoms with Crippen LogP contribution in [0.25, 0.3) is 11.0 Å². The van der Waals surface area contributed by atoms with Gasteiger partial charge in [0.1, 0.15) is 23.8 Å². The lowest BCUT2D eigenvalue weighted by Crippen LogP contribution is -2.09. The number of hydrogen-bond donors (Lipinski definition) is 2. The van der Waals surface area contributed by atoms with Crippen molar-refractivity contribution in [2.24, 2.45) is 0 Å². The van der Waals surface area contributed by atoms with Crippen LogP contribution in [0.5, 0.6) is 0 Å². The second kappa shape index (κ2) is 5.45. The molecular weight excluding hydrogens is 296 g/mol. The summed E-state index contributed by atoms with van der Waals surface area (Å²) in [5.41, 5.74) is 0.472. The normalized spacial score (nSPS) is 10.9. The van der Waals surface area contributed by atoms with Crippen molar-refractivity contribution in [3.05, 3.63) is 41.7 Å². The molecule has 8 heteroatoms. The molecule has 0 aromatic carbocycles. The van der Waals surface area contributed by atoms with E-state index in [1.54, 1.807) is 24.6 Å². The fraction of sp³-hybridized carbons (Fsp3) is 0.154. The van der Waals surface area contributed by atoms with Crippen LogP contribution in [0.2, 0.25) is 5.28 Å². The molecule has 0 amide bonds. The molecule has 0 atom stereocenters. The number of nitrogens with zero attached hydrogens (tertiary/aromatic N) is 3. The number of aliphatic carboxylic acids is 1. The molecule has 2 N–H and O–H groups in total. The van der Waals surface area contributed by atoms with Crippen molar-refractivity contribution in [3.8, 4) is 0 Å². The Morgan fingerprint density at radius 3 is 3.00 bits per heavy atom. The number of carbonyl (C=O) groups is 1. The molecule has 0 aliphatic heterocycles. The first-order chi connectivity index (χ1) is 10.1. The maximum absolute atomic E-state index is 10.8. The van der Waals surface area contributed by atoms with E-state index in [0.29, 0.717) is 23.4 Å². The molecule has 21 heavy (non-hydrogen) atoms. The van der Waals surface area contributed by atoms with Crippen LogP contribution in [0, 0.1) is 0 Å². The van der Waals surface area contributed by atoms with Crippen LogP contribution in [0.3, 0.4) is 0 Å². The van der Waals surface area contributed by atoms with Crippen LogP contribution in [0.1, 0.15) is 5.76 Å². The van der Waals surface area contributed by atoms with E-state index in [1.807, 2.05) is 6.07 Å². The van der Waals surface area contributed by atoms with Gasteiger partial charge in [-0.05, 0) is 29.8 Å². The van der Waals surface area contributed by atoms with Gasteiger partial charge in [0, 0.05) is 6.20 Å². The Morgan fingerprint density at radius 1 is 1.43 bits per heavy atom. The first-order valence-electron chi connectivity index (χ1n) is 6.14. The molecule has 0 saturated carbocycles. The second-order valence-electron chi connectivity index (χ2n) is 4.35. The van der Waals surface area contributed by atoms with Crippen molar-refractivity contribution < 1.29 is 14.3 Å². The molecule has 0 radical (unpaired) electrons. The Labute approximate surface area is 124 Å². The van der Waals surface area contributed by atoms with Gasteiger partial charge >= 0.3 is 5.97 Å². The van der Waals surface area contributed by atoms with E-state index in [4.69, 9.17) is 21.1 Å². The number of furan rings is 1. The Bertz CT molecular complexity index is 782. The summed E-state index contributed by atoms with van der Waals surface area (Å²) in [4.78, 5) is 19.1. The number of carboxylic acid groups (broad SMARTS) is 1. The summed E-state index contributed by atoms with van der Waals surface area (Å²) in [6, 6.07) is 5.38. The highest BCUT2D eigenvalue weighted by atomic mass is 35.5. The number of aromatic nitrogens is 3. The summed E-state index contributed by atoms with van der Waals surface area (Å²) in [7, 11) is 0. The fourth-order valence-corrected chi connectivity index (χ4v) is 2.20. The summed E-state index contributed by atoms with van der Waals surface area (Å²) in [5.74, 6) is 0.334. The van der Waals surface area contributed by atoms with Crippen LogP contribution < -0.4 is 5.32 Å². The predicted molar refractivity (Wildman–Crippen MR) is 76.2 cm³/mol. The maximum Gasteiger partial charge on any atom is 0.323 e. The number of fused-ring (bicyclic) bond motifs is 1. The highest BCUT2D eigenvalue weighted by molar-refractivity contribution is 6.28. The minimum Gasteiger partial charge on any atom is -0.480 e. The molecule has 3 rings (SSSR count). The first kappa shape index (κ1) is 13.4. The van der Waals surface area contributed by atoms with Gasteiger partial charge in [0.15, 0.2) is 0 Å². The summed E-state index contributed by atoms with van der Waals surface area (Å²) in [6.07, 6.45) is 3.23. The number of rotatable bonds is 5. The topological polar surface area (TPSA) is 93.2 Å². The molecule has 3 heterocycles. The van der Waals surface area contributed by atoms with Gasteiger partial charge in [-0.15, -0.1) is 0 Å². The summed E-state index contributed by atoms with van der Waals surface area (Å²) in [6.45, 7) is 0.258. The third kappa shape index (κ3) is 2.82. The molecule has 0 aliphatic rings. The lowest BCUT2D eigenvalue weighted by molar-refractivity contribution is -0.137. The van der Waals surface area contributed by atoms with E-state index in [1.165, 1.54) is 4.57 Å². The van der Waals surface area contributed by atoms with Gasteiger partial charge in [-0.25, -0.2) is 4.98 Å². The maximum atomic E-state index is 10.8. The van der Waals surface area contributed by atoms with Gasteiger partial charge < -0.3 is 19.4 Å². The number of halogens is 1. The minimum absolute atomic E-state index is 0.0507. The Morgan fingerprint density at radius 2 is 2.29 bits per heavy atom. The monoisotopic (exact) mass is 306 g/mol. The summed E-state index contributed by atoms with van der Waals surface area (Å²) >= 11 is 5.90. The summed E-state index contributed by atoms with van der Waals surface area (Å²) in [5, 5.41) is 12.7. The Balaban J connectivity index is 1.94. The van der Waals surface area contributed by atoms with Crippen molar-refractivity contribution in [1.82, 2.24) is 14.5 Å². The Hall–Kier alpha value is -2.54. The van der Waals surface area contributed by atoms with Crippen LogP contribution in [-0.2, 0) is 17.9 Å². The zero-order valence-electron chi connectivity index (χ0n) is 10.8. The highest BCUT2D eigenvalue weighted by Gasteiger charge is 2.12. The molecule has 7 nitrogen and oxygen atoms in total. The van der Waals surface area contributed by atoms with Crippen LogP contribution in [0.4, 0.5) is 5.82 Å². The molecule has 0 bridgehead atoms. The average Bonchev–Trinajstić information content (AvgIpc) is 3.06. The average molecular weight is 307 g/mol. The quantitative estimate of drug-likeness (QED) is 0.703. The van der Waals surface area contributed by atoms with Gasteiger partial charge in [0.05, 0.1) is 18.2 Å². The molecule has 0 unspecified atom stereocenters. The molecule has 108 valence electrons. The lowest BCUT2D eigenvalue weighted by Gasteiger charge is -2.06.